The molecule has 0 bridgehead atoms. The topological polar surface area (TPSA) is 69.0 Å². The minimum absolute atomic E-state index is 0.0630. The summed E-state index contributed by atoms with van der Waals surface area (Å²) in [6.45, 7) is 8.72. The number of nitrogens with zero attached hydrogens (tertiary/aromatic N) is 3. The average molecular weight is 378 g/mol. The molecule has 0 aliphatic rings. The maximum atomic E-state index is 12.5. The molecule has 0 saturated heterocycles. The summed E-state index contributed by atoms with van der Waals surface area (Å²) in [5, 5.41) is 7.35. The molecule has 0 aliphatic carbocycles. The van der Waals surface area contributed by atoms with Gasteiger partial charge in [-0.1, -0.05) is 45.0 Å². The van der Waals surface area contributed by atoms with Crippen LogP contribution in [0.3, 0.4) is 0 Å². The maximum absolute atomic E-state index is 12.5. The predicted molar refractivity (Wildman–Crippen MR) is 110 cm³/mol. The molecule has 0 aliphatic heterocycles. The van der Waals surface area contributed by atoms with Crippen LogP contribution in [0.1, 0.15) is 37.6 Å². The fourth-order valence-corrected chi connectivity index (χ4v) is 2.97. The van der Waals surface area contributed by atoms with Crippen molar-refractivity contribution < 1.29 is 9.53 Å². The summed E-state index contributed by atoms with van der Waals surface area (Å²) < 4.78 is 7.57. The Labute approximate surface area is 165 Å². The third-order valence-corrected chi connectivity index (χ3v) is 4.28. The Balaban J connectivity index is 1.67. The number of carbonyl (C=O) groups excluding carboxylic acids is 1. The SMILES string of the molecule is Cc1cc(NC(=O)COc2ccccc2C(C)(C)C)n(Cc2cccnc2)n1. The van der Waals surface area contributed by atoms with Crippen LogP contribution in [0, 0.1) is 6.92 Å². The molecule has 0 radical (unpaired) electrons. The number of rotatable bonds is 6. The van der Waals surface area contributed by atoms with Crippen LogP contribution in [0.4, 0.5) is 5.82 Å². The van der Waals surface area contributed by atoms with E-state index in [0.29, 0.717) is 12.4 Å². The number of amides is 1. The molecule has 6 heteroatoms. The number of hydrogen-bond donors (Lipinski definition) is 1. The van der Waals surface area contributed by atoms with Crippen LogP contribution < -0.4 is 10.1 Å². The van der Waals surface area contributed by atoms with Gasteiger partial charge in [0.1, 0.15) is 11.6 Å². The number of nitrogens with one attached hydrogen (secondary N) is 1. The van der Waals surface area contributed by atoms with Gasteiger partial charge >= 0.3 is 0 Å². The number of ether oxygens (including phenoxy) is 1. The molecule has 2 aromatic heterocycles. The van der Waals surface area contributed by atoms with Gasteiger partial charge in [-0.05, 0) is 35.6 Å². The van der Waals surface area contributed by atoms with Gasteiger partial charge in [-0.3, -0.25) is 9.78 Å². The van der Waals surface area contributed by atoms with Gasteiger partial charge in [-0.25, -0.2) is 4.68 Å². The average Bonchev–Trinajstić information content (AvgIpc) is 2.99. The molecular weight excluding hydrogens is 352 g/mol. The first-order valence-electron chi connectivity index (χ1n) is 9.28. The second kappa shape index (κ2) is 8.25. The Kier molecular flexibility index (Phi) is 5.78. The van der Waals surface area contributed by atoms with E-state index in [9.17, 15) is 4.79 Å². The summed E-state index contributed by atoms with van der Waals surface area (Å²) in [6.07, 6.45) is 3.52. The van der Waals surface area contributed by atoms with Crippen LogP contribution in [-0.4, -0.2) is 27.3 Å². The highest BCUT2D eigenvalue weighted by Crippen LogP contribution is 2.30. The van der Waals surface area contributed by atoms with E-state index in [1.54, 1.807) is 17.1 Å². The van der Waals surface area contributed by atoms with Crippen LogP contribution in [0.25, 0.3) is 0 Å². The Hall–Kier alpha value is -3.15. The molecular formula is C22H26N4O2. The zero-order valence-corrected chi connectivity index (χ0v) is 16.8. The van der Waals surface area contributed by atoms with Crippen molar-refractivity contribution in [3.05, 3.63) is 71.7 Å². The first-order valence-corrected chi connectivity index (χ1v) is 9.28. The van der Waals surface area contributed by atoms with Crippen molar-refractivity contribution in [1.29, 1.82) is 0 Å². The van der Waals surface area contributed by atoms with Gasteiger partial charge in [0.2, 0.25) is 0 Å². The molecule has 0 saturated carbocycles. The second-order valence-electron chi connectivity index (χ2n) is 7.77. The van der Waals surface area contributed by atoms with Crippen molar-refractivity contribution in [3.63, 3.8) is 0 Å². The number of pyridine rings is 1. The smallest absolute Gasteiger partial charge is 0.263 e. The number of para-hydroxylation sites is 1. The van der Waals surface area contributed by atoms with Gasteiger partial charge in [0.25, 0.3) is 5.91 Å². The highest BCUT2D eigenvalue weighted by atomic mass is 16.5. The molecule has 6 nitrogen and oxygen atoms in total. The fourth-order valence-electron chi connectivity index (χ4n) is 2.97. The van der Waals surface area contributed by atoms with Crippen molar-refractivity contribution in [3.8, 4) is 5.75 Å². The van der Waals surface area contributed by atoms with Crippen molar-refractivity contribution in [2.45, 2.75) is 39.7 Å². The summed E-state index contributed by atoms with van der Waals surface area (Å²) in [6, 6.07) is 13.5. The number of hydrogen-bond acceptors (Lipinski definition) is 4. The van der Waals surface area contributed by atoms with E-state index in [-0.39, 0.29) is 17.9 Å². The number of aromatic nitrogens is 3. The van der Waals surface area contributed by atoms with Gasteiger partial charge < -0.3 is 10.1 Å². The molecule has 1 N–H and O–H groups in total. The van der Waals surface area contributed by atoms with E-state index in [2.05, 4.69) is 36.2 Å². The first-order chi connectivity index (χ1) is 13.3. The second-order valence-corrected chi connectivity index (χ2v) is 7.77. The molecule has 28 heavy (non-hydrogen) atoms. The number of aryl methyl sites for hydroxylation is 1. The summed E-state index contributed by atoms with van der Waals surface area (Å²) in [5.74, 6) is 1.14. The Morgan fingerprint density at radius 1 is 1.18 bits per heavy atom. The zero-order valence-electron chi connectivity index (χ0n) is 16.8. The largest absolute Gasteiger partial charge is 0.483 e. The third kappa shape index (κ3) is 4.97. The Morgan fingerprint density at radius 2 is 1.96 bits per heavy atom. The molecule has 1 aromatic carbocycles. The molecule has 2 heterocycles. The van der Waals surface area contributed by atoms with E-state index in [1.807, 2.05) is 49.4 Å². The van der Waals surface area contributed by atoms with Gasteiger partial charge in [-0.15, -0.1) is 0 Å². The van der Waals surface area contributed by atoms with E-state index in [0.717, 1.165) is 22.6 Å². The lowest BCUT2D eigenvalue weighted by Gasteiger charge is -2.22. The van der Waals surface area contributed by atoms with Crippen LogP contribution in [0.15, 0.2) is 54.9 Å². The number of anilines is 1. The summed E-state index contributed by atoms with van der Waals surface area (Å²) in [7, 11) is 0. The van der Waals surface area contributed by atoms with Gasteiger partial charge in [0.05, 0.1) is 12.2 Å². The van der Waals surface area contributed by atoms with E-state index in [4.69, 9.17) is 4.74 Å². The fraction of sp³-hybridized carbons (Fsp3) is 0.318. The molecule has 0 unspecified atom stereocenters. The lowest BCUT2D eigenvalue weighted by Crippen LogP contribution is -2.23. The normalized spacial score (nSPS) is 11.3. The van der Waals surface area contributed by atoms with Crippen molar-refractivity contribution in [2.75, 3.05) is 11.9 Å². The van der Waals surface area contributed by atoms with Crippen LogP contribution in [0.2, 0.25) is 0 Å². The van der Waals surface area contributed by atoms with Gasteiger partial charge in [0.15, 0.2) is 6.61 Å². The number of carbonyl (C=O) groups is 1. The lowest BCUT2D eigenvalue weighted by molar-refractivity contribution is -0.118. The molecule has 1 amide bonds. The van der Waals surface area contributed by atoms with Gasteiger partial charge in [0, 0.05) is 18.5 Å². The van der Waals surface area contributed by atoms with Crippen LogP contribution in [0.5, 0.6) is 5.75 Å². The summed E-state index contributed by atoms with van der Waals surface area (Å²) in [5.41, 5.74) is 2.85. The Bertz CT molecular complexity index is 943. The molecule has 0 spiro atoms. The predicted octanol–water partition coefficient (Wildman–Crippen LogP) is 3.95. The monoisotopic (exact) mass is 378 g/mol. The molecule has 0 atom stereocenters. The minimum atomic E-state index is -0.226. The summed E-state index contributed by atoms with van der Waals surface area (Å²) >= 11 is 0. The molecule has 3 aromatic rings. The highest BCUT2D eigenvalue weighted by molar-refractivity contribution is 5.91. The lowest BCUT2D eigenvalue weighted by atomic mass is 9.86. The summed E-state index contributed by atoms with van der Waals surface area (Å²) in [4.78, 5) is 16.6. The van der Waals surface area contributed by atoms with Gasteiger partial charge in [-0.2, -0.15) is 5.10 Å². The minimum Gasteiger partial charge on any atom is -0.483 e. The zero-order chi connectivity index (χ0) is 20.1. The van der Waals surface area contributed by atoms with E-state index >= 15 is 0 Å². The van der Waals surface area contributed by atoms with Crippen LogP contribution in [-0.2, 0) is 16.8 Å². The highest BCUT2D eigenvalue weighted by Gasteiger charge is 2.19. The Morgan fingerprint density at radius 3 is 2.68 bits per heavy atom. The quantitative estimate of drug-likeness (QED) is 0.705. The van der Waals surface area contributed by atoms with Crippen molar-refractivity contribution >= 4 is 11.7 Å². The van der Waals surface area contributed by atoms with E-state index < -0.39 is 0 Å². The first kappa shape index (κ1) is 19.6. The van der Waals surface area contributed by atoms with Crippen LogP contribution >= 0.6 is 0 Å². The molecule has 0 fully saturated rings. The van der Waals surface area contributed by atoms with Crippen molar-refractivity contribution in [1.82, 2.24) is 14.8 Å². The standard InChI is InChI=1S/C22H26N4O2/c1-16-12-20(26(25-16)14-17-8-7-11-23-13-17)24-21(27)15-28-19-10-6-5-9-18(19)22(2,3)4/h5-13H,14-15H2,1-4H3,(H,24,27). The third-order valence-electron chi connectivity index (χ3n) is 4.28. The van der Waals surface area contributed by atoms with E-state index in [1.165, 1.54) is 0 Å². The molecule has 146 valence electrons. The molecule has 3 rings (SSSR count). The maximum Gasteiger partial charge on any atom is 0.263 e. The number of benzene rings is 1. The van der Waals surface area contributed by atoms with Crippen molar-refractivity contribution in [2.24, 2.45) is 0 Å².